The Morgan fingerprint density at radius 1 is 0.902 bits per heavy atom. The zero-order valence-corrected chi connectivity index (χ0v) is 24.2. The maximum Gasteiger partial charge on any atom is 0.257 e. The topological polar surface area (TPSA) is 83.7 Å². The highest BCUT2D eigenvalue weighted by atomic mass is 32.2. The molecule has 5 rings (SSSR count). The smallest absolute Gasteiger partial charge is 0.257 e. The number of methoxy groups -OCH3 is 2. The summed E-state index contributed by atoms with van der Waals surface area (Å²) in [5.41, 5.74) is 3.47. The summed E-state index contributed by atoms with van der Waals surface area (Å²) in [4.78, 5) is 32.9. The van der Waals surface area contributed by atoms with Gasteiger partial charge in [0, 0.05) is 33.4 Å². The van der Waals surface area contributed by atoms with Gasteiger partial charge in [-0.05, 0) is 92.0 Å². The molecular weight excluding hydrogens is 534 g/mol. The van der Waals surface area contributed by atoms with Crippen molar-refractivity contribution in [2.24, 2.45) is 0 Å². The van der Waals surface area contributed by atoms with Gasteiger partial charge in [-0.3, -0.25) is 9.59 Å². The minimum atomic E-state index is -0.264. The van der Waals surface area contributed by atoms with E-state index in [4.69, 9.17) is 9.47 Å². The first-order valence-electron chi connectivity index (χ1n) is 13.4. The minimum Gasteiger partial charge on any atom is -0.493 e. The number of H-pyrrole nitrogens is 1. The van der Waals surface area contributed by atoms with E-state index < -0.39 is 0 Å². The number of hydrogen-bond donors (Lipinski definition) is 2. The quantitative estimate of drug-likeness (QED) is 0.107. The van der Waals surface area contributed by atoms with Crippen molar-refractivity contribution < 1.29 is 14.3 Å². The minimum absolute atomic E-state index is 0.0856. The second-order valence-electron chi connectivity index (χ2n) is 9.84. The molecule has 0 saturated carbocycles. The van der Waals surface area contributed by atoms with Gasteiger partial charge in [0.1, 0.15) is 0 Å². The lowest BCUT2D eigenvalue weighted by atomic mass is 10.1. The van der Waals surface area contributed by atoms with Crippen molar-refractivity contribution >= 4 is 45.2 Å². The first-order chi connectivity index (χ1) is 20.0. The normalized spacial score (nSPS) is 11.2. The van der Waals surface area contributed by atoms with Crippen molar-refractivity contribution in [1.29, 1.82) is 0 Å². The number of carbonyl (C=O) groups excluding carboxylic acids is 1. The summed E-state index contributed by atoms with van der Waals surface area (Å²) in [6.45, 7) is 1.80. The second kappa shape index (κ2) is 12.9. The molecule has 8 heteroatoms. The van der Waals surface area contributed by atoms with Gasteiger partial charge in [0.15, 0.2) is 16.9 Å². The van der Waals surface area contributed by atoms with Gasteiger partial charge < -0.3 is 24.7 Å². The monoisotopic (exact) mass is 567 g/mol. The number of amides is 1. The number of anilines is 1. The van der Waals surface area contributed by atoms with E-state index in [2.05, 4.69) is 28.3 Å². The Labute approximate surface area is 243 Å². The Morgan fingerprint density at radius 3 is 2.44 bits per heavy atom. The number of fused-ring (bicyclic) bond motifs is 2. The fourth-order valence-electron chi connectivity index (χ4n) is 4.86. The van der Waals surface area contributed by atoms with Crippen LogP contribution in [0.2, 0.25) is 0 Å². The lowest BCUT2D eigenvalue weighted by molar-refractivity contribution is 0.102. The Balaban J connectivity index is 1.14. The largest absolute Gasteiger partial charge is 0.493 e. The summed E-state index contributed by atoms with van der Waals surface area (Å²) in [6, 6.07) is 26.4. The van der Waals surface area contributed by atoms with E-state index in [9.17, 15) is 9.59 Å². The van der Waals surface area contributed by atoms with E-state index in [1.165, 1.54) is 5.56 Å². The maximum absolute atomic E-state index is 13.2. The van der Waals surface area contributed by atoms with Crippen molar-refractivity contribution in [3.63, 3.8) is 0 Å². The third-order valence-corrected chi connectivity index (χ3v) is 8.05. The third kappa shape index (κ3) is 6.56. The standard InChI is InChI=1S/C33H33N3O4S/c1-36(21-22-12-17-29(39-2)30(20-22)40-3)18-7-19-41-24-15-13-23(14-16-24)34-33(38)27-10-6-9-26-31(27)35-28-11-5-4-8-25(28)32(26)37/h4-6,8-17,20H,7,18-19,21H2,1-3H3,(H,34,38)(H,35,37). The van der Waals surface area contributed by atoms with Crippen LogP contribution < -0.4 is 20.2 Å². The zero-order valence-electron chi connectivity index (χ0n) is 23.4. The molecule has 5 aromatic rings. The number of pyridine rings is 1. The first kappa shape index (κ1) is 28.3. The Hall–Kier alpha value is -4.27. The molecule has 7 nitrogen and oxygen atoms in total. The summed E-state index contributed by atoms with van der Waals surface area (Å²) < 4.78 is 10.7. The van der Waals surface area contributed by atoms with Gasteiger partial charge in [-0.25, -0.2) is 0 Å². The average Bonchev–Trinajstić information content (AvgIpc) is 3.00. The molecule has 0 saturated heterocycles. The highest BCUT2D eigenvalue weighted by Crippen LogP contribution is 2.28. The number of aromatic nitrogens is 1. The van der Waals surface area contributed by atoms with Crippen LogP contribution in [-0.2, 0) is 6.54 Å². The fraction of sp³-hybridized carbons (Fsp3) is 0.212. The summed E-state index contributed by atoms with van der Waals surface area (Å²) >= 11 is 1.79. The van der Waals surface area contributed by atoms with Gasteiger partial charge in [0.25, 0.3) is 5.91 Å². The SMILES string of the molecule is COc1ccc(CN(C)CCCSc2ccc(NC(=O)c3cccc4c(=O)c5ccccc5[nH]c34)cc2)cc1OC. The molecule has 210 valence electrons. The molecule has 0 radical (unpaired) electrons. The van der Waals surface area contributed by atoms with Crippen LogP contribution >= 0.6 is 11.8 Å². The number of nitrogens with zero attached hydrogens (tertiary/aromatic N) is 1. The molecule has 0 bridgehead atoms. The molecule has 2 N–H and O–H groups in total. The van der Waals surface area contributed by atoms with E-state index >= 15 is 0 Å². The number of hydrogen-bond acceptors (Lipinski definition) is 6. The molecule has 1 aromatic heterocycles. The summed E-state index contributed by atoms with van der Waals surface area (Å²) in [7, 11) is 5.41. The van der Waals surface area contributed by atoms with Gasteiger partial charge in [-0.1, -0.05) is 24.3 Å². The van der Waals surface area contributed by atoms with Crippen LogP contribution in [-0.4, -0.2) is 49.4 Å². The molecule has 0 fully saturated rings. The number of ether oxygens (including phenoxy) is 2. The lowest BCUT2D eigenvalue weighted by Crippen LogP contribution is -2.19. The molecule has 41 heavy (non-hydrogen) atoms. The highest BCUT2D eigenvalue weighted by Gasteiger charge is 2.14. The third-order valence-electron chi connectivity index (χ3n) is 6.95. The molecular formula is C33H33N3O4S. The summed E-state index contributed by atoms with van der Waals surface area (Å²) in [6.07, 6.45) is 1.04. The van der Waals surface area contributed by atoms with Gasteiger partial charge >= 0.3 is 0 Å². The predicted molar refractivity (Wildman–Crippen MR) is 168 cm³/mol. The van der Waals surface area contributed by atoms with Gasteiger partial charge in [0.05, 0.1) is 25.3 Å². The number of aromatic amines is 1. The van der Waals surface area contributed by atoms with Crippen LogP contribution in [0.1, 0.15) is 22.3 Å². The van der Waals surface area contributed by atoms with Crippen molar-refractivity contribution in [3.05, 3.63) is 106 Å². The summed E-state index contributed by atoms with van der Waals surface area (Å²) in [5, 5.41) is 4.08. The van der Waals surface area contributed by atoms with Gasteiger partial charge in [-0.15, -0.1) is 11.8 Å². The van der Waals surface area contributed by atoms with Crippen molar-refractivity contribution in [2.75, 3.05) is 38.9 Å². The Bertz CT molecular complexity index is 1730. The van der Waals surface area contributed by atoms with Crippen molar-refractivity contribution in [2.45, 2.75) is 17.9 Å². The molecule has 0 unspecified atom stereocenters. The average molecular weight is 568 g/mol. The fourth-order valence-corrected chi connectivity index (χ4v) is 5.70. The van der Waals surface area contributed by atoms with Crippen molar-refractivity contribution in [1.82, 2.24) is 9.88 Å². The van der Waals surface area contributed by atoms with E-state index in [1.54, 1.807) is 50.2 Å². The maximum atomic E-state index is 13.2. The number of para-hydroxylation sites is 2. The lowest BCUT2D eigenvalue weighted by Gasteiger charge is -2.17. The molecule has 0 spiro atoms. The number of carbonyl (C=O) groups is 1. The molecule has 0 atom stereocenters. The van der Waals surface area contributed by atoms with E-state index in [0.717, 1.165) is 41.7 Å². The molecule has 0 aliphatic heterocycles. The van der Waals surface area contributed by atoms with Crippen LogP contribution in [0.4, 0.5) is 5.69 Å². The van der Waals surface area contributed by atoms with E-state index in [-0.39, 0.29) is 11.3 Å². The second-order valence-corrected chi connectivity index (χ2v) is 11.0. The van der Waals surface area contributed by atoms with Crippen LogP contribution in [0.15, 0.2) is 94.6 Å². The van der Waals surface area contributed by atoms with Gasteiger partial charge in [-0.2, -0.15) is 0 Å². The number of nitrogens with one attached hydrogen (secondary N) is 2. The molecule has 4 aromatic carbocycles. The van der Waals surface area contributed by atoms with Crippen LogP contribution in [0, 0.1) is 0 Å². The Kier molecular flexibility index (Phi) is 8.91. The van der Waals surface area contributed by atoms with Gasteiger partial charge in [0.2, 0.25) is 0 Å². The van der Waals surface area contributed by atoms with Crippen LogP contribution in [0.25, 0.3) is 21.8 Å². The molecule has 1 heterocycles. The van der Waals surface area contributed by atoms with E-state index in [0.29, 0.717) is 33.1 Å². The number of benzene rings is 4. The van der Waals surface area contributed by atoms with Crippen LogP contribution in [0.5, 0.6) is 11.5 Å². The predicted octanol–water partition coefficient (Wildman–Crippen LogP) is 6.57. The number of rotatable bonds is 11. The zero-order chi connectivity index (χ0) is 28.8. The van der Waals surface area contributed by atoms with Crippen molar-refractivity contribution in [3.8, 4) is 11.5 Å². The summed E-state index contributed by atoms with van der Waals surface area (Å²) in [5.74, 6) is 2.20. The first-order valence-corrected chi connectivity index (χ1v) is 14.4. The molecule has 0 aliphatic carbocycles. The van der Waals surface area contributed by atoms with E-state index in [1.807, 2.05) is 54.6 Å². The number of thioether (sulfide) groups is 1. The molecule has 0 aliphatic rings. The van der Waals surface area contributed by atoms with Crippen LogP contribution in [0.3, 0.4) is 0 Å². The highest BCUT2D eigenvalue weighted by molar-refractivity contribution is 7.99. The Morgan fingerprint density at radius 2 is 1.66 bits per heavy atom. The molecule has 1 amide bonds.